The van der Waals surface area contributed by atoms with E-state index in [2.05, 4.69) is 10.3 Å². The maximum atomic E-state index is 12.2. The molecule has 0 bridgehead atoms. The quantitative estimate of drug-likeness (QED) is 0.847. The van der Waals surface area contributed by atoms with Crippen LogP contribution in [0.4, 0.5) is 5.82 Å². The van der Waals surface area contributed by atoms with Crippen molar-refractivity contribution in [2.45, 2.75) is 45.7 Å². The van der Waals surface area contributed by atoms with Crippen molar-refractivity contribution in [3.05, 3.63) is 22.7 Å². The van der Waals surface area contributed by atoms with E-state index in [1.165, 1.54) is 24.6 Å². The summed E-state index contributed by atoms with van der Waals surface area (Å²) in [5, 5.41) is 11.7. The molecular weight excluding hydrogens is 234 g/mol. The monoisotopic (exact) mass is 253 g/mol. The number of carbonyl (C=O) groups is 1. The molecular formula is C12H19N3O3. The van der Waals surface area contributed by atoms with Crippen LogP contribution in [0.3, 0.4) is 0 Å². The van der Waals surface area contributed by atoms with Crippen molar-refractivity contribution < 1.29 is 9.90 Å². The Morgan fingerprint density at radius 1 is 1.33 bits per heavy atom. The highest BCUT2D eigenvalue weighted by atomic mass is 16.4. The van der Waals surface area contributed by atoms with Crippen molar-refractivity contribution in [3.63, 3.8) is 0 Å². The summed E-state index contributed by atoms with van der Waals surface area (Å²) in [6, 6.07) is 0. The predicted octanol–water partition coefficient (Wildman–Crippen LogP) is 1.27. The summed E-state index contributed by atoms with van der Waals surface area (Å²) in [7, 11) is 0. The molecule has 0 aliphatic rings. The lowest BCUT2D eigenvalue weighted by atomic mass is 10.1. The predicted molar refractivity (Wildman–Crippen MR) is 68.8 cm³/mol. The molecule has 1 aromatic heterocycles. The van der Waals surface area contributed by atoms with Crippen molar-refractivity contribution in [2.75, 3.05) is 5.32 Å². The summed E-state index contributed by atoms with van der Waals surface area (Å²) >= 11 is 0. The first-order chi connectivity index (χ1) is 8.05. The van der Waals surface area contributed by atoms with Gasteiger partial charge in [0.1, 0.15) is 5.54 Å². The Morgan fingerprint density at radius 2 is 1.89 bits per heavy atom. The Kier molecular flexibility index (Phi) is 3.50. The largest absolute Gasteiger partial charge is 0.480 e. The standard InChI is InChI=1S/C12H19N3O3/c1-11(2,3)15-7-6-13-8(9(15)16)14-12(4,5)10(17)18/h6-7H,1-5H3,(H,13,14)(H,17,18). The number of hydrogen-bond acceptors (Lipinski definition) is 4. The first-order valence-corrected chi connectivity index (χ1v) is 5.65. The van der Waals surface area contributed by atoms with E-state index < -0.39 is 11.5 Å². The van der Waals surface area contributed by atoms with Gasteiger partial charge in [-0.15, -0.1) is 0 Å². The van der Waals surface area contributed by atoms with Crippen LogP contribution in [0.15, 0.2) is 17.2 Å². The number of carboxylic acids is 1. The summed E-state index contributed by atoms with van der Waals surface area (Å²) in [6.45, 7) is 8.62. The Balaban J connectivity index is 3.22. The zero-order chi connectivity index (χ0) is 14.1. The smallest absolute Gasteiger partial charge is 0.328 e. The zero-order valence-electron chi connectivity index (χ0n) is 11.3. The van der Waals surface area contributed by atoms with E-state index in [0.717, 1.165) is 0 Å². The minimum Gasteiger partial charge on any atom is -0.480 e. The van der Waals surface area contributed by atoms with Crippen molar-refractivity contribution >= 4 is 11.8 Å². The third kappa shape index (κ3) is 2.88. The van der Waals surface area contributed by atoms with Gasteiger partial charge in [-0.2, -0.15) is 0 Å². The van der Waals surface area contributed by atoms with E-state index in [0.29, 0.717) is 0 Å². The van der Waals surface area contributed by atoms with E-state index in [4.69, 9.17) is 5.11 Å². The molecule has 100 valence electrons. The molecule has 0 aliphatic carbocycles. The second-order valence-corrected chi connectivity index (χ2v) is 5.68. The van der Waals surface area contributed by atoms with E-state index in [-0.39, 0.29) is 16.9 Å². The van der Waals surface area contributed by atoms with E-state index >= 15 is 0 Å². The average Bonchev–Trinajstić information content (AvgIpc) is 2.18. The van der Waals surface area contributed by atoms with Gasteiger partial charge in [0.25, 0.3) is 5.56 Å². The molecule has 2 N–H and O–H groups in total. The molecule has 0 atom stereocenters. The fourth-order valence-corrected chi connectivity index (χ4v) is 1.37. The fraction of sp³-hybridized carbons (Fsp3) is 0.583. The number of rotatable bonds is 3. The van der Waals surface area contributed by atoms with E-state index in [9.17, 15) is 9.59 Å². The van der Waals surface area contributed by atoms with Gasteiger partial charge in [0.15, 0.2) is 5.82 Å². The summed E-state index contributed by atoms with van der Waals surface area (Å²) in [4.78, 5) is 27.1. The van der Waals surface area contributed by atoms with Crippen molar-refractivity contribution in [2.24, 2.45) is 0 Å². The normalized spacial score (nSPS) is 12.3. The summed E-state index contributed by atoms with van der Waals surface area (Å²) in [5.74, 6) is -1.00. The first-order valence-electron chi connectivity index (χ1n) is 5.65. The van der Waals surface area contributed by atoms with E-state index in [1.807, 2.05) is 20.8 Å². The van der Waals surface area contributed by atoms with Gasteiger partial charge in [-0.1, -0.05) is 0 Å². The maximum Gasteiger partial charge on any atom is 0.328 e. The highest BCUT2D eigenvalue weighted by molar-refractivity contribution is 5.81. The number of nitrogens with zero attached hydrogens (tertiary/aromatic N) is 2. The van der Waals surface area contributed by atoms with Crippen LogP contribution in [0, 0.1) is 0 Å². The molecule has 0 amide bonds. The van der Waals surface area contributed by atoms with Crippen LogP contribution in [0.5, 0.6) is 0 Å². The highest BCUT2D eigenvalue weighted by Crippen LogP contribution is 2.13. The summed E-state index contributed by atoms with van der Waals surface area (Å²) in [5.41, 5.74) is -1.97. The molecule has 0 aliphatic heterocycles. The van der Waals surface area contributed by atoms with Gasteiger partial charge >= 0.3 is 5.97 Å². The van der Waals surface area contributed by atoms with Gasteiger partial charge in [0.05, 0.1) is 0 Å². The number of aliphatic carboxylic acids is 1. The van der Waals surface area contributed by atoms with Crippen LogP contribution < -0.4 is 10.9 Å². The highest BCUT2D eigenvalue weighted by Gasteiger charge is 2.29. The fourth-order valence-electron chi connectivity index (χ4n) is 1.37. The van der Waals surface area contributed by atoms with Crippen LogP contribution in [0.1, 0.15) is 34.6 Å². The zero-order valence-corrected chi connectivity index (χ0v) is 11.3. The second-order valence-electron chi connectivity index (χ2n) is 5.68. The lowest BCUT2D eigenvalue weighted by molar-refractivity contribution is -0.141. The van der Waals surface area contributed by atoms with Gasteiger partial charge in [-0.05, 0) is 34.6 Å². The molecule has 0 fully saturated rings. The van der Waals surface area contributed by atoms with Crippen LogP contribution in [0.2, 0.25) is 0 Å². The number of hydrogen-bond donors (Lipinski definition) is 2. The SMILES string of the molecule is CC(C)(Nc1nccn(C(C)(C)C)c1=O)C(=O)O. The van der Waals surface area contributed by atoms with Crippen LogP contribution in [-0.4, -0.2) is 26.2 Å². The molecule has 1 rings (SSSR count). The molecule has 1 heterocycles. The van der Waals surface area contributed by atoms with Gasteiger partial charge in [-0.3, -0.25) is 4.79 Å². The minimum atomic E-state index is -1.25. The van der Waals surface area contributed by atoms with E-state index in [1.54, 1.807) is 6.20 Å². The minimum absolute atomic E-state index is 0.0415. The third-order valence-electron chi connectivity index (χ3n) is 2.53. The lowest BCUT2D eigenvalue weighted by Crippen LogP contribution is -2.44. The second kappa shape index (κ2) is 4.44. The maximum absolute atomic E-state index is 12.2. The Hall–Kier alpha value is -1.85. The summed E-state index contributed by atoms with van der Waals surface area (Å²) < 4.78 is 1.51. The van der Waals surface area contributed by atoms with Gasteiger partial charge in [0, 0.05) is 17.9 Å². The van der Waals surface area contributed by atoms with Crippen molar-refractivity contribution in [1.82, 2.24) is 9.55 Å². The Labute approximate surface area is 106 Å². The van der Waals surface area contributed by atoms with Crippen molar-refractivity contribution in [3.8, 4) is 0 Å². The average molecular weight is 253 g/mol. The van der Waals surface area contributed by atoms with Crippen LogP contribution in [-0.2, 0) is 10.3 Å². The number of aromatic nitrogens is 2. The topological polar surface area (TPSA) is 84.2 Å². The first kappa shape index (κ1) is 14.2. The number of anilines is 1. The van der Waals surface area contributed by atoms with Crippen LogP contribution >= 0.6 is 0 Å². The molecule has 6 heteroatoms. The molecule has 0 unspecified atom stereocenters. The molecule has 18 heavy (non-hydrogen) atoms. The third-order valence-corrected chi connectivity index (χ3v) is 2.53. The van der Waals surface area contributed by atoms with Crippen molar-refractivity contribution in [1.29, 1.82) is 0 Å². The molecule has 0 aromatic carbocycles. The summed E-state index contributed by atoms with van der Waals surface area (Å²) in [6.07, 6.45) is 3.06. The van der Waals surface area contributed by atoms with Crippen LogP contribution in [0.25, 0.3) is 0 Å². The molecule has 6 nitrogen and oxygen atoms in total. The van der Waals surface area contributed by atoms with Gasteiger partial charge in [-0.25, -0.2) is 9.78 Å². The molecule has 1 aromatic rings. The van der Waals surface area contributed by atoms with Gasteiger partial charge < -0.3 is 15.0 Å². The molecule has 0 spiro atoms. The number of nitrogens with one attached hydrogen (secondary N) is 1. The molecule has 0 saturated carbocycles. The molecule has 0 saturated heterocycles. The van der Waals surface area contributed by atoms with Gasteiger partial charge in [0.2, 0.25) is 0 Å². The lowest BCUT2D eigenvalue weighted by Gasteiger charge is -2.25. The molecule has 0 radical (unpaired) electrons. The Bertz CT molecular complexity index is 512. The Morgan fingerprint density at radius 3 is 2.33 bits per heavy atom. The number of carboxylic acid groups (broad SMARTS) is 1.